The number of carbonyl (C=O) groups excluding carboxylic acids is 1. The first-order chi connectivity index (χ1) is 14.2. The maximum atomic E-state index is 12.3. The highest BCUT2D eigenvalue weighted by atomic mass is 16.7. The minimum absolute atomic E-state index is 0.107. The van der Waals surface area contributed by atoms with Gasteiger partial charge in [0.15, 0.2) is 23.0 Å². The second-order valence-electron chi connectivity index (χ2n) is 6.18. The fraction of sp³-hybridized carbons (Fsp3) is 0.250. The summed E-state index contributed by atoms with van der Waals surface area (Å²) >= 11 is 0. The van der Waals surface area contributed by atoms with Gasteiger partial charge < -0.3 is 28.7 Å². The first kappa shape index (κ1) is 18.6. The van der Waals surface area contributed by atoms with E-state index < -0.39 is 5.91 Å². The smallest absolute Gasteiger partial charge is 0.308 e. The van der Waals surface area contributed by atoms with E-state index in [1.807, 2.05) is 18.2 Å². The molecule has 0 aliphatic carbocycles. The van der Waals surface area contributed by atoms with Crippen LogP contribution in [0.25, 0.3) is 11.5 Å². The summed E-state index contributed by atoms with van der Waals surface area (Å²) in [6.45, 7) is 0.576. The number of nitrogens with zero attached hydrogens (tertiary/aromatic N) is 2. The third-order valence-electron chi connectivity index (χ3n) is 4.39. The molecule has 1 aliphatic heterocycles. The van der Waals surface area contributed by atoms with E-state index in [0.717, 1.165) is 5.56 Å². The molecular weight excluding hydrogens is 378 g/mol. The second-order valence-corrected chi connectivity index (χ2v) is 6.18. The van der Waals surface area contributed by atoms with Crippen molar-refractivity contribution in [1.29, 1.82) is 0 Å². The number of aromatic nitrogens is 2. The number of ether oxygens (including phenoxy) is 4. The van der Waals surface area contributed by atoms with Gasteiger partial charge in [-0.2, -0.15) is 0 Å². The second kappa shape index (κ2) is 8.09. The van der Waals surface area contributed by atoms with E-state index in [1.165, 1.54) is 0 Å². The van der Waals surface area contributed by atoms with Crippen LogP contribution in [0, 0.1) is 0 Å². The molecule has 0 fully saturated rings. The van der Waals surface area contributed by atoms with Gasteiger partial charge in [-0.1, -0.05) is 6.07 Å². The molecule has 2 heterocycles. The number of hydrogen-bond acceptors (Lipinski definition) is 8. The molecule has 3 aromatic rings. The quantitative estimate of drug-likeness (QED) is 0.648. The summed E-state index contributed by atoms with van der Waals surface area (Å²) in [6.07, 6.45) is 0.606. The Morgan fingerprint density at radius 3 is 2.69 bits per heavy atom. The van der Waals surface area contributed by atoms with Gasteiger partial charge in [0, 0.05) is 12.1 Å². The number of nitrogens with one attached hydrogen (secondary N) is 1. The van der Waals surface area contributed by atoms with Gasteiger partial charge in [0.05, 0.1) is 14.2 Å². The van der Waals surface area contributed by atoms with Crippen LogP contribution in [0.15, 0.2) is 40.8 Å². The van der Waals surface area contributed by atoms with E-state index in [2.05, 4.69) is 15.5 Å². The van der Waals surface area contributed by atoms with E-state index in [9.17, 15) is 4.79 Å². The molecule has 0 atom stereocenters. The Morgan fingerprint density at radius 2 is 1.86 bits per heavy atom. The fourth-order valence-corrected chi connectivity index (χ4v) is 2.89. The highest BCUT2D eigenvalue weighted by Crippen LogP contribution is 2.35. The molecule has 1 aliphatic rings. The van der Waals surface area contributed by atoms with Crippen molar-refractivity contribution in [2.75, 3.05) is 27.6 Å². The maximum absolute atomic E-state index is 12.3. The summed E-state index contributed by atoms with van der Waals surface area (Å²) in [7, 11) is 3.16. The zero-order valence-electron chi connectivity index (χ0n) is 15.9. The molecule has 0 unspecified atom stereocenters. The van der Waals surface area contributed by atoms with Crippen LogP contribution in [0.4, 0.5) is 0 Å². The van der Waals surface area contributed by atoms with Gasteiger partial charge in [-0.15, -0.1) is 10.2 Å². The van der Waals surface area contributed by atoms with Gasteiger partial charge in [0.1, 0.15) is 0 Å². The van der Waals surface area contributed by atoms with Crippen molar-refractivity contribution in [1.82, 2.24) is 15.5 Å². The van der Waals surface area contributed by atoms with Crippen molar-refractivity contribution < 1.29 is 28.2 Å². The van der Waals surface area contributed by atoms with Crippen LogP contribution >= 0.6 is 0 Å². The van der Waals surface area contributed by atoms with Crippen LogP contribution in [0.1, 0.15) is 16.2 Å². The SMILES string of the molecule is COc1ccc(CCNC(=O)c2nnc(-c3ccc4c(c3)OCO4)o2)cc1OC. The van der Waals surface area contributed by atoms with Crippen molar-refractivity contribution in [2.24, 2.45) is 0 Å². The lowest BCUT2D eigenvalue weighted by molar-refractivity contribution is 0.0920. The number of rotatable bonds is 7. The highest BCUT2D eigenvalue weighted by molar-refractivity contribution is 5.89. The van der Waals surface area contributed by atoms with Gasteiger partial charge in [-0.3, -0.25) is 4.79 Å². The predicted octanol–water partition coefficient (Wildman–Crippen LogP) is 2.46. The Kier molecular flexibility index (Phi) is 5.19. The maximum Gasteiger partial charge on any atom is 0.308 e. The zero-order chi connectivity index (χ0) is 20.2. The molecule has 1 aromatic heterocycles. The number of amides is 1. The van der Waals surface area contributed by atoms with E-state index >= 15 is 0 Å². The summed E-state index contributed by atoms with van der Waals surface area (Å²) in [5.41, 5.74) is 1.64. The Bertz CT molecular complexity index is 1030. The number of methoxy groups -OCH3 is 2. The Balaban J connectivity index is 1.36. The Hall–Kier alpha value is -3.75. The van der Waals surface area contributed by atoms with E-state index in [0.29, 0.717) is 41.5 Å². The number of benzene rings is 2. The average Bonchev–Trinajstić information content (AvgIpc) is 3.42. The summed E-state index contributed by atoms with van der Waals surface area (Å²) in [4.78, 5) is 12.3. The van der Waals surface area contributed by atoms with Gasteiger partial charge in [-0.05, 0) is 42.3 Å². The number of fused-ring (bicyclic) bond motifs is 1. The topological polar surface area (TPSA) is 105 Å². The van der Waals surface area contributed by atoms with Crippen LogP contribution in [0.3, 0.4) is 0 Å². The van der Waals surface area contributed by atoms with Crippen LogP contribution in [0.2, 0.25) is 0 Å². The molecule has 150 valence electrons. The van der Waals surface area contributed by atoms with Crippen molar-refractivity contribution in [3.05, 3.63) is 47.9 Å². The monoisotopic (exact) mass is 397 g/mol. The molecule has 4 rings (SSSR count). The summed E-state index contributed by atoms with van der Waals surface area (Å²) < 4.78 is 26.6. The number of carbonyl (C=O) groups is 1. The summed E-state index contributed by atoms with van der Waals surface area (Å²) in [5, 5.41) is 10.5. The Morgan fingerprint density at radius 1 is 1.03 bits per heavy atom. The number of hydrogen-bond donors (Lipinski definition) is 1. The normalized spacial score (nSPS) is 11.9. The molecule has 0 saturated carbocycles. The third-order valence-corrected chi connectivity index (χ3v) is 4.39. The van der Waals surface area contributed by atoms with E-state index in [1.54, 1.807) is 32.4 Å². The molecule has 29 heavy (non-hydrogen) atoms. The minimum Gasteiger partial charge on any atom is -0.493 e. The van der Waals surface area contributed by atoms with Crippen LogP contribution in [0.5, 0.6) is 23.0 Å². The lowest BCUT2D eigenvalue weighted by Gasteiger charge is -2.09. The third kappa shape index (κ3) is 3.93. The van der Waals surface area contributed by atoms with E-state index in [-0.39, 0.29) is 18.6 Å². The molecule has 0 spiro atoms. The fourth-order valence-electron chi connectivity index (χ4n) is 2.89. The molecule has 0 bridgehead atoms. The van der Waals surface area contributed by atoms with Crippen molar-refractivity contribution in [2.45, 2.75) is 6.42 Å². The molecule has 9 heteroatoms. The van der Waals surface area contributed by atoms with Gasteiger partial charge >= 0.3 is 11.8 Å². The highest BCUT2D eigenvalue weighted by Gasteiger charge is 2.19. The molecule has 2 aromatic carbocycles. The van der Waals surface area contributed by atoms with Crippen LogP contribution < -0.4 is 24.3 Å². The molecule has 0 radical (unpaired) electrons. The van der Waals surface area contributed by atoms with Crippen molar-refractivity contribution in [3.63, 3.8) is 0 Å². The van der Waals surface area contributed by atoms with Crippen molar-refractivity contribution in [3.8, 4) is 34.5 Å². The first-order valence-corrected chi connectivity index (χ1v) is 8.90. The van der Waals surface area contributed by atoms with Crippen molar-refractivity contribution >= 4 is 5.91 Å². The summed E-state index contributed by atoms with van der Waals surface area (Å²) in [5.74, 6) is 2.23. The van der Waals surface area contributed by atoms with Gasteiger partial charge in [0.2, 0.25) is 12.7 Å². The lowest BCUT2D eigenvalue weighted by Crippen LogP contribution is -2.26. The molecule has 1 N–H and O–H groups in total. The minimum atomic E-state index is -0.440. The van der Waals surface area contributed by atoms with Crippen LogP contribution in [-0.4, -0.2) is 43.7 Å². The zero-order valence-corrected chi connectivity index (χ0v) is 15.9. The van der Waals surface area contributed by atoms with Gasteiger partial charge in [-0.25, -0.2) is 0 Å². The molecule has 0 saturated heterocycles. The molecular formula is C20H19N3O6. The first-order valence-electron chi connectivity index (χ1n) is 8.90. The van der Waals surface area contributed by atoms with Crippen LogP contribution in [-0.2, 0) is 6.42 Å². The van der Waals surface area contributed by atoms with E-state index in [4.69, 9.17) is 23.4 Å². The average molecular weight is 397 g/mol. The standard InChI is InChI=1S/C20H19N3O6/c1-25-14-5-3-12(9-16(14)26-2)7-8-21-18(24)20-23-22-19(29-20)13-4-6-15-17(10-13)28-11-27-15/h3-6,9-10H,7-8,11H2,1-2H3,(H,21,24). The van der Waals surface area contributed by atoms with Gasteiger partial charge in [0.25, 0.3) is 0 Å². The predicted molar refractivity (Wildman–Crippen MR) is 101 cm³/mol. The lowest BCUT2D eigenvalue weighted by atomic mass is 10.1. The Labute approximate surface area is 166 Å². The molecule has 9 nitrogen and oxygen atoms in total. The summed E-state index contributed by atoms with van der Waals surface area (Å²) in [6, 6.07) is 10.9. The molecule has 1 amide bonds. The largest absolute Gasteiger partial charge is 0.493 e.